The predicted octanol–water partition coefficient (Wildman–Crippen LogP) is 4.20. The molecule has 1 unspecified atom stereocenters. The molecule has 0 fully saturated rings. The van der Waals surface area contributed by atoms with Crippen molar-refractivity contribution in [2.45, 2.75) is 52.1 Å². The fourth-order valence-electron chi connectivity index (χ4n) is 3.10. The van der Waals surface area contributed by atoms with Crippen LogP contribution in [0, 0.1) is 0 Å². The Morgan fingerprint density at radius 2 is 2.14 bits per heavy atom. The van der Waals surface area contributed by atoms with E-state index in [4.69, 9.17) is 5.10 Å². The van der Waals surface area contributed by atoms with Gasteiger partial charge in [0.25, 0.3) is 0 Å². The average Bonchev–Trinajstić information content (AvgIpc) is 2.83. The molecule has 2 heterocycles. The van der Waals surface area contributed by atoms with Gasteiger partial charge in [0, 0.05) is 24.7 Å². The van der Waals surface area contributed by atoms with E-state index in [1.54, 1.807) is 0 Å². The Morgan fingerprint density at radius 3 is 2.90 bits per heavy atom. The minimum absolute atomic E-state index is 0.489. The first-order valence-electron chi connectivity index (χ1n) is 7.81. The van der Waals surface area contributed by atoms with Crippen molar-refractivity contribution in [1.29, 1.82) is 0 Å². The first-order chi connectivity index (χ1) is 10.2. The normalized spacial score (nSPS) is 17.4. The first kappa shape index (κ1) is 14.6. The standard InChI is InChI=1S/C17H22BrN3/c1-3-14-17(18)16(21(4-2)20-14)11-13-10-9-12-7-5-6-8-15(12)19-13/h5-8,13,19H,3-4,9-11H2,1-2H3. The summed E-state index contributed by atoms with van der Waals surface area (Å²) in [6, 6.07) is 9.13. The van der Waals surface area contributed by atoms with Gasteiger partial charge in [-0.25, -0.2) is 0 Å². The highest BCUT2D eigenvalue weighted by Gasteiger charge is 2.22. The molecule has 0 saturated carbocycles. The molecule has 1 aromatic heterocycles. The molecule has 21 heavy (non-hydrogen) atoms. The van der Waals surface area contributed by atoms with Crippen molar-refractivity contribution < 1.29 is 0 Å². The SMILES string of the molecule is CCc1nn(CC)c(CC2CCc3ccccc3N2)c1Br. The highest BCUT2D eigenvalue weighted by Crippen LogP contribution is 2.29. The number of anilines is 1. The summed E-state index contributed by atoms with van der Waals surface area (Å²) in [5, 5.41) is 8.39. The summed E-state index contributed by atoms with van der Waals surface area (Å²) in [4.78, 5) is 0. The van der Waals surface area contributed by atoms with E-state index in [-0.39, 0.29) is 0 Å². The summed E-state index contributed by atoms with van der Waals surface area (Å²) in [5.41, 5.74) is 5.23. The Bertz CT molecular complexity index is 633. The second-order valence-corrected chi connectivity index (χ2v) is 6.41. The van der Waals surface area contributed by atoms with Gasteiger partial charge in [-0.05, 0) is 53.7 Å². The van der Waals surface area contributed by atoms with E-state index in [1.165, 1.54) is 33.5 Å². The molecule has 3 rings (SSSR count). The van der Waals surface area contributed by atoms with Crippen molar-refractivity contribution in [3.05, 3.63) is 45.7 Å². The Hall–Kier alpha value is -1.29. The number of para-hydroxylation sites is 1. The Labute approximate surface area is 134 Å². The molecule has 1 aliphatic heterocycles. The van der Waals surface area contributed by atoms with Crippen LogP contribution in [-0.2, 0) is 25.8 Å². The third kappa shape index (κ3) is 2.86. The van der Waals surface area contributed by atoms with E-state index < -0.39 is 0 Å². The van der Waals surface area contributed by atoms with E-state index in [9.17, 15) is 0 Å². The van der Waals surface area contributed by atoms with Crippen molar-refractivity contribution in [2.24, 2.45) is 0 Å². The lowest BCUT2D eigenvalue weighted by molar-refractivity contribution is 0.563. The Balaban J connectivity index is 1.81. The first-order valence-corrected chi connectivity index (χ1v) is 8.60. The summed E-state index contributed by atoms with van der Waals surface area (Å²) in [5.74, 6) is 0. The van der Waals surface area contributed by atoms with Crippen LogP contribution in [0.25, 0.3) is 0 Å². The number of fused-ring (bicyclic) bond motifs is 1. The zero-order chi connectivity index (χ0) is 14.8. The monoisotopic (exact) mass is 347 g/mol. The lowest BCUT2D eigenvalue weighted by atomic mass is 9.95. The fourth-order valence-corrected chi connectivity index (χ4v) is 3.83. The van der Waals surface area contributed by atoms with Gasteiger partial charge >= 0.3 is 0 Å². The molecule has 4 heteroatoms. The van der Waals surface area contributed by atoms with Crippen molar-refractivity contribution >= 4 is 21.6 Å². The van der Waals surface area contributed by atoms with Crippen molar-refractivity contribution in [3.63, 3.8) is 0 Å². The molecule has 0 saturated heterocycles. The van der Waals surface area contributed by atoms with Gasteiger partial charge in [-0.1, -0.05) is 25.1 Å². The van der Waals surface area contributed by atoms with Crippen LogP contribution >= 0.6 is 15.9 Å². The highest BCUT2D eigenvalue weighted by atomic mass is 79.9. The van der Waals surface area contributed by atoms with Gasteiger partial charge in [0.2, 0.25) is 0 Å². The number of aryl methyl sites for hydroxylation is 3. The molecule has 1 N–H and O–H groups in total. The largest absolute Gasteiger partial charge is 0.382 e. The lowest BCUT2D eigenvalue weighted by Gasteiger charge is -2.27. The van der Waals surface area contributed by atoms with Crippen LogP contribution < -0.4 is 5.32 Å². The van der Waals surface area contributed by atoms with Gasteiger partial charge in [0.1, 0.15) is 0 Å². The van der Waals surface area contributed by atoms with E-state index in [0.717, 1.165) is 25.8 Å². The zero-order valence-electron chi connectivity index (χ0n) is 12.7. The maximum absolute atomic E-state index is 4.70. The molecule has 0 spiro atoms. The second kappa shape index (κ2) is 6.22. The number of hydrogen-bond donors (Lipinski definition) is 1. The Kier molecular flexibility index (Phi) is 4.34. The molecule has 3 nitrogen and oxygen atoms in total. The third-order valence-corrected chi connectivity index (χ3v) is 5.19. The molecule has 112 valence electrons. The van der Waals surface area contributed by atoms with Gasteiger partial charge in [-0.15, -0.1) is 0 Å². The maximum atomic E-state index is 4.70. The van der Waals surface area contributed by atoms with Crippen molar-refractivity contribution in [2.75, 3.05) is 5.32 Å². The fraction of sp³-hybridized carbons (Fsp3) is 0.471. The van der Waals surface area contributed by atoms with Gasteiger partial charge in [-0.3, -0.25) is 4.68 Å². The summed E-state index contributed by atoms with van der Waals surface area (Å²) >= 11 is 3.75. The Morgan fingerprint density at radius 1 is 1.33 bits per heavy atom. The predicted molar refractivity (Wildman–Crippen MR) is 90.9 cm³/mol. The molecule has 0 amide bonds. The van der Waals surface area contributed by atoms with Crippen LogP contribution in [0.15, 0.2) is 28.7 Å². The number of nitrogens with zero attached hydrogens (tertiary/aromatic N) is 2. The van der Waals surface area contributed by atoms with E-state index in [0.29, 0.717) is 6.04 Å². The lowest BCUT2D eigenvalue weighted by Crippen LogP contribution is -2.28. The minimum Gasteiger partial charge on any atom is -0.382 e. The number of aromatic nitrogens is 2. The third-order valence-electron chi connectivity index (χ3n) is 4.27. The quantitative estimate of drug-likeness (QED) is 0.898. The van der Waals surface area contributed by atoms with E-state index in [1.807, 2.05) is 0 Å². The van der Waals surface area contributed by atoms with Crippen molar-refractivity contribution in [3.8, 4) is 0 Å². The van der Waals surface area contributed by atoms with Crippen molar-refractivity contribution in [1.82, 2.24) is 9.78 Å². The molecule has 1 atom stereocenters. The number of benzene rings is 1. The van der Waals surface area contributed by atoms with Crippen LogP contribution in [-0.4, -0.2) is 15.8 Å². The maximum Gasteiger partial charge on any atom is 0.0766 e. The molecule has 1 aliphatic rings. The van der Waals surface area contributed by atoms with Crippen LogP contribution in [0.2, 0.25) is 0 Å². The molecule has 0 radical (unpaired) electrons. The minimum atomic E-state index is 0.489. The molecule has 0 aliphatic carbocycles. The molecular formula is C17H22BrN3. The number of rotatable bonds is 4. The average molecular weight is 348 g/mol. The molecule has 1 aromatic carbocycles. The molecule has 2 aromatic rings. The van der Waals surface area contributed by atoms with Gasteiger partial charge in [0.05, 0.1) is 15.9 Å². The number of hydrogen-bond acceptors (Lipinski definition) is 2. The molecular weight excluding hydrogens is 326 g/mol. The smallest absolute Gasteiger partial charge is 0.0766 e. The van der Waals surface area contributed by atoms with Crippen LogP contribution in [0.3, 0.4) is 0 Å². The van der Waals surface area contributed by atoms with E-state index in [2.05, 4.69) is 64.0 Å². The van der Waals surface area contributed by atoms with Crippen LogP contribution in [0.1, 0.15) is 37.2 Å². The van der Waals surface area contributed by atoms with Crippen LogP contribution in [0.5, 0.6) is 0 Å². The van der Waals surface area contributed by atoms with Gasteiger partial charge < -0.3 is 5.32 Å². The van der Waals surface area contributed by atoms with Crippen LogP contribution in [0.4, 0.5) is 5.69 Å². The summed E-state index contributed by atoms with van der Waals surface area (Å²) in [7, 11) is 0. The zero-order valence-corrected chi connectivity index (χ0v) is 14.3. The number of nitrogens with one attached hydrogen (secondary N) is 1. The summed E-state index contributed by atoms with van der Waals surface area (Å²) in [6.45, 7) is 5.25. The summed E-state index contributed by atoms with van der Waals surface area (Å²) in [6.07, 6.45) is 4.34. The van der Waals surface area contributed by atoms with Gasteiger partial charge in [-0.2, -0.15) is 5.10 Å². The highest BCUT2D eigenvalue weighted by molar-refractivity contribution is 9.10. The second-order valence-electron chi connectivity index (χ2n) is 5.62. The molecule has 0 bridgehead atoms. The number of halogens is 1. The topological polar surface area (TPSA) is 29.9 Å². The van der Waals surface area contributed by atoms with E-state index >= 15 is 0 Å². The van der Waals surface area contributed by atoms with Gasteiger partial charge in [0.15, 0.2) is 0 Å². The summed E-state index contributed by atoms with van der Waals surface area (Å²) < 4.78 is 3.35.